The quantitative estimate of drug-likeness (QED) is 0.728. The molecule has 1 aromatic heterocycles. The zero-order valence-electron chi connectivity index (χ0n) is 7.57. The number of rotatable bonds is 1. The highest BCUT2D eigenvalue weighted by Gasteiger charge is 2.37. The maximum absolute atomic E-state index is 12.3. The number of hydrogen-bond donors (Lipinski definition) is 2. The summed E-state index contributed by atoms with van der Waals surface area (Å²) >= 11 is 0. The van der Waals surface area contributed by atoms with Crippen LogP contribution in [0.15, 0.2) is 0 Å². The third-order valence-electron chi connectivity index (χ3n) is 2.34. The van der Waals surface area contributed by atoms with E-state index in [0.29, 0.717) is 18.9 Å². The summed E-state index contributed by atoms with van der Waals surface area (Å²) in [6, 6.07) is 0. The van der Waals surface area contributed by atoms with Gasteiger partial charge < -0.3 is 10.3 Å². The first kappa shape index (κ1) is 9.51. The fourth-order valence-electron chi connectivity index (χ4n) is 1.43. The smallest absolute Gasteiger partial charge is 0.345 e. The molecule has 2 heterocycles. The van der Waals surface area contributed by atoms with Gasteiger partial charge in [0.2, 0.25) is 0 Å². The highest BCUT2D eigenvalue weighted by Crippen LogP contribution is 2.31. The van der Waals surface area contributed by atoms with E-state index in [9.17, 15) is 13.2 Å². The van der Waals surface area contributed by atoms with Gasteiger partial charge in [0.25, 0.3) is 0 Å². The van der Waals surface area contributed by atoms with E-state index < -0.39 is 11.9 Å². The summed E-state index contributed by atoms with van der Waals surface area (Å²) in [5.41, 5.74) is -0.696. The molecule has 2 N–H and O–H groups in total. The molecule has 78 valence electrons. The molecule has 0 amide bonds. The Hall–Kier alpha value is -1.04. The van der Waals surface area contributed by atoms with Crippen molar-refractivity contribution in [2.24, 2.45) is 0 Å². The first-order valence-corrected chi connectivity index (χ1v) is 4.33. The predicted octanol–water partition coefficient (Wildman–Crippen LogP) is 1.42. The summed E-state index contributed by atoms with van der Waals surface area (Å²) < 4.78 is 37.0. The second-order valence-corrected chi connectivity index (χ2v) is 3.45. The van der Waals surface area contributed by atoms with Crippen molar-refractivity contribution in [3.05, 3.63) is 17.2 Å². The molecule has 0 radical (unpaired) electrons. The van der Waals surface area contributed by atoms with Gasteiger partial charge in [-0.3, -0.25) is 0 Å². The number of halogens is 3. The second kappa shape index (κ2) is 2.98. The lowest BCUT2D eigenvalue weighted by molar-refractivity contribution is -0.141. The van der Waals surface area contributed by atoms with Gasteiger partial charge in [0.1, 0.15) is 5.82 Å². The molecular weight excluding hydrogens is 195 g/mol. The van der Waals surface area contributed by atoms with E-state index in [0.717, 1.165) is 0 Å². The SMILES string of the molecule is Cc1[nH]c(C2CNC2)nc1C(F)(F)F. The fourth-order valence-corrected chi connectivity index (χ4v) is 1.43. The molecular formula is C8H10F3N3. The van der Waals surface area contributed by atoms with E-state index in [1.54, 1.807) is 0 Å². The first-order chi connectivity index (χ1) is 6.48. The van der Waals surface area contributed by atoms with Crippen LogP contribution in [0, 0.1) is 6.92 Å². The highest BCUT2D eigenvalue weighted by atomic mass is 19.4. The number of nitrogens with zero attached hydrogens (tertiary/aromatic N) is 1. The summed E-state index contributed by atoms with van der Waals surface area (Å²) in [7, 11) is 0. The predicted molar refractivity (Wildman–Crippen MR) is 43.9 cm³/mol. The standard InChI is InChI=1S/C8H10F3N3/c1-4-6(8(9,10)11)14-7(13-4)5-2-12-3-5/h5,12H,2-3H2,1H3,(H,13,14). The molecule has 0 spiro atoms. The Labute approximate surface area is 78.7 Å². The fraction of sp³-hybridized carbons (Fsp3) is 0.625. The van der Waals surface area contributed by atoms with Gasteiger partial charge in [-0.15, -0.1) is 0 Å². The van der Waals surface area contributed by atoms with Crippen LogP contribution in [0.3, 0.4) is 0 Å². The van der Waals surface area contributed by atoms with Crippen LogP contribution in [-0.2, 0) is 6.18 Å². The number of alkyl halides is 3. The van der Waals surface area contributed by atoms with Gasteiger partial charge in [-0.2, -0.15) is 13.2 Å². The van der Waals surface area contributed by atoms with Crippen LogP contribution >= 0.6 is 0 Å². The molecule has 1 aromatic rings. The molecule has 6 heteroatoms. The summed E-state index contributed by atoms with van der Waals surface area (Å²) in [5.74, 6) is 0.540. The van der Waals surface area contributed by atoms with Crippen LogP contribution in [0.2, 0.25) is 0 Å². The number of aromatic amines is 1. The van der Waals surface area contributed by atoms with E-state index >= 15 is 0 Å². The average Bonchev–Trinajstić information content (AvgIpc) is 2.25. The second-order valence-electron chi connectivity index (χ2n) is 3.45. The van der Waals surface area contributed by atoms with Crippen molar-refractivity contribution < 1.29 is 13.2 Å². The molecule has 3 nitrogen and oxygen atoms in total. The lowest BCUT2D eigenvalue weighted by atomic mass is 10.0. The van der Waals surface area contributed by atoms with Gasteiger partial charge in [-0.25, -0.2) is 4.98 Å². The Morgan fingerprint density at radius 3 is 2.36 bits per heavy atom. The molecule has 0 aliphatic carbocycles. The van der Waals surface area contributed by atoms with Gasteiger partial charge in [-0.05, 0) is 6.92 Å². The van der Waals surface area contributed by atoms with Crippen LogP contribution in [0.5, 0.6) is 0 Å². The molecule has 0 unspecified atom stereocenters. The lowest BCUT2D eigenvalue weighted by Gasteiger charge is -2.24. The Kier molecular flexibility index (Phi) is 2.02. The molecule has 1 aliphatic heterocycles. The van der Waals surface area contributed by atoms with Crippen molar-refractivity contribution in [1.29, 1.82) is 0 Å². The van der Waals surface area contributed by atoms with E-state index in [-0.39, 0.29) is 11.6 Å². The summed E-state index contributed by atoms with van der Waals surface area (Å²) in [5, 5.41) is 2.99. The molecule has 14 heavy (non-hydrogen) atoms. The number of nitrogens with one attached hydrogen (secondary N) is 2. The summed E-state index contributed by atoms with van der Waals surface area (Å²) in [4.78, 5) is 6.26. The number of aryl methyl sites for hydroxylation is 1. The van der Waals surface area contributed by atoms with Gasteiger partial charge in [0.05, 0.1) is 0 Å². The monoisotopic (exact) mass is 205 g/mol. The maximum atomic E-state index is 12.3. The van der Waals surface area contributed by atoms with Crippen molar-refractivity contribution in [3.63, 3.8) is 0 Å². The Morgan fingerprint density at radius 2 is 2.00 bits per heavy atom. The zero-order valence-corrected chi connectivity index (χ0v) is 7.57. The minimum atomic E-state index is -4.35. The molecule has 0 aromatic carbocycles. The van der Waals surface area contributed by atoms with Crippen molar-refractivity contribution >= 4 is 0 Å². The van der Waals surface area contributed by atoms with Gasteiger partial charge in [-0.1, -0.05) is 0 Å². The minimum absolute atomic E-state index is 0.0967. The molecule has 0 atom stereocenters. The maximum Gasteiger partial charge on any atom is 0.435 e. The minimum Gasteiger partial charge on any atom is -0.345 e. The Balaban J connectivity index is 2.29. The zero-order chi connectivity index (χ0) is 10.3. The van der Waals surface area contributed by atoms with Crippen LogP contribution in [0.4, 0.5) is 13.2 Å². The summed E-state index contributed by atoms with van der Waals surface area (Å²) in [6.45, 7) is 2.79. The van der Waals surface area contributed by atoms with Crippen LogP contribution in [0.25, 0.3) is 0 Å². The lowest BCUT2D eigenvalue weighted by Crippen LogP contribution is -2.40. The van der Waals surface area contributed by atoms with Gasteiger partial charge in [0.15, 0.2) is 5.69 Å². The summed E-state index contributed by atoms with van der Waals surface area (Å²) in [6.07, 6.45) is -4.35. The van der Waals surface area contributed by atoms with Gasteiger partial charge in [0, 0.05) is 24.7 Å². The van der Waals surface area contributed by atoms with Crippen molar-refractivity contribution in [3.8, 4) is 0 Å². The third-order valence-corrected chi connectivity index (χ3v) is 2.34. The number of aromatic nitrogens is 2. The van der Waals surface area contributed by atoms with E-state index in [1.165, 1.54) is 6.92 Å². The van der Waals surface area contributed by atoms with Gasteiger partial charge >= 0.3 is 6.18 Å². The Morgan fingerprint density at radius 1 is 1.36 bits per heavy atom. The molecule has 2 rings (SSSR count). The number of imidazole rings is 1. The molecule has 1 fully saturated rings. The van der Waals surface area contributed by atoms with E-state index in [4.69, 9.17) is 0 Å². The topological polar surface area (TPSA) is 40.7 Å². The Bertz CT molecular complexity index is 338. The van der Waals surface area contributed by atoms with Crippen LogP contribution < -0.4 is 5.32 Å². The highest BCUT2D eigenvalue weighted by molar-refractivity contribution is 5.19. The normalized spacial score (nSPS) is 18.3. The van der Waals surface area contributed by atoms with E-state index in [2.05, 4.69) is 15.3 Å². The molecule has 0 bridgehead atoms. The van der Waals surface area contributed by atoms with Crippen molar-refractivity contribution in [2.45, 2.75) is 19.0 Å². The van der Waals surface area contributed by atoms with Crippen molar-refractivity contribution in [1.82, 2.24) is 15.3 Å². The average molecular weight is 205 g/mol. The molecule has 0 saturated carbocycles. The van der Waals surface area contributed by atoms with Crippen LogP contribution in [-0.4, -0.2) is 23.1 Å². The molecule has 1 aliphatic rings. The number of H-pyrrole nitrogens is 1. The van der Waals surface area contributed by atoms with E-state index in [1.807, 2.05) is 0 Å². The largest absolute Gasteiger partial charge is 0.435 e. The third kappa shape index (κ3) is 1.50. The van der Waals surface area contributed by atoms with Crippen molar-refractivity contribution in [2.75, 3.05) is 13.1 Å². The number of hydrogen-bond acceptors (Lipinski definition) is 2. The molecule has 1 saturated heterocycles. The first-order valence-electron chi connectivity index (χ1n) is 4.33. The van der Waals surface area contributed by atoms with Crippen LogP contribution in [0.1, 0.15) is 23.1 Å².